The van der Waals surface area contributed by atoms with Crippen LogP contribution in [0.15, 0.2) is 72.3 Å². The van der Waals surface area contributed by atoms with Crippen molar-refractivity contribution < 1.29 is 18.7 Å². The SMILES string of the molecule is C=CC(=O)Nc1cccc(-n2ccc(=O)c3cnc(Nc4ccc(N5CCN(CCO)CC5)c(F)c4F)nc32)c1. The van der Waals surface area contributed by atoms with E-state index in [-0.39, 0.29) is 46.3 Å². The first-order valence-corrected chi connectivity index (χ1v) is 12.6. The molecule has 1 aliphatic rings. The van der Waals surface area contributed by atoms with Gasteiger partial charge in [0.15, 0.2) is 22.7 Å². The largest absolute Gasteiger partial charge is 0.395 e. The maximum atomic E-state index is 15.1. The summed E-state index contributed by atoms with van der Waals surface area (Å²) in [5.41, 5.74) is 1.03. The molecule has 10 nitrogen and oxygen atoms in total. The van der Waals surface area contributed by atoms with Crippen molar-refractivity contribution in [1.82, 2.24) is 19.4 Å². The Balaban J connectivity index is 1.44. The van der Waals surface area contributed by atoms with Gasteiger partial charge in [-0.15, -0.1) is 0 Å². The molecule has 206 valence electrons. The summed E-state index contributed by atoms with van der Waals surface area (Å²) in [6.07, 6.45) is 4.01. The van der Waals surface area contributed by atoms with E-state index in [1.165, 1.54) is 30.6 Å². The molecule has 40 heavy (non-hydrogen) atoms. The minimum Gasteiger partial charge on any atom is -0.395 e. The molecule has 5 rings (SSSR count). The van der Waals surface area contributed by atoms with Gasteiger partial charge in [-0.05, 0) is 36.4 Å². The Labute approximate surface area is 228 Å². The molecule has 1 saturated heterocycles. The number of nitrogens with zero attached hydrogens (tertiary/aromatic N) is 5. The highest BCUT2D eigenvalue weighted by Gasteiger charge is 2.23. The molecule has 0 spiro atoms. The van der Waals surface area contributed by atoms with Crippen LogP contribution < -0.4 is 21.0 Å². The summed E-state index contributed by atoms with van der Waals surface area (Å²) in [4.78, 5) is 36.7. The van der Waals surface area contributed by atoms with Gasteiger partial charge in [0.05, 0.1) is 23.4 Å². The summed E-state index contributed by atoms with van der Waals surface area (Å²) in [5.74, 6) is -2.47. The number of hydrogen-bond donors (Lipinski definition) is 3. The van der Waals surface area contributed by atoms with E-state index < -0.39 is 11.6 Å². The first-order valence-electron chi connectivity index (χ1n) is 12.6. The number of carbonyl (C=O) groups is 1. The predicted molar refractivity (Wildman–Crippen MR) is 149 cm³/mol. The average molecular weight is 548 g/mol. The van der Waals surface area contributed by atoms with Gasteiger partial charge in [-0.1, -0.05) is 12.6 Å². The zero-order valence-corrected chi connectivity index (χ0v) is 21.5. The topological polar surface area (TPSA) is 116 Å². The number of aliphatic hydroxyl groups excluding tert-OH is 1. The zero-order valence-electron chi connectivity index (χ0n) is 21.5. The highest BCUT2D eigenvalue weighted by atomic mass is 19.2. The minimum atomic E-state index is -1.07. The maximum Gasteiger partial charge on any atom is 0.247 e. The maximum absolute atomic E-state index is 15.1. The Hall–Kier alpha value is -4.68. The van der Waals surface area contributed by atoms with Gasteiger partial charge in [-0.2, -0.15) is 4.98 Å². The van der Waals surface area contributed by atoms with Crippen molar-refractivity contribution in [2.24, 2.45) is 0 Å². The molecule has 3 N–H and O–H groups in total. The predicted octanol–water partition coefficient (Wildman–Crippen LogP) is 3.04. The summed E-state index contributed by atoms with van der Waals surface area (Å²) >= 11 is 0. The van der Waals surface area contributed by atoms with Crippen LogP contribution in [-0.2, 0) is 4.79 Å². The lowest BCUT2D eigenvalue weighted by Crippen LogP contribution is -2.47. The molecule has 0 radical (unpaired) electrons. The van der Waals surface area contributed by atoms with Gasteiger partial charge < -0.3 is 25.2 Å². The summed E-state index contributed by atoms with van der Waals surface area (Å²) in [5, 5.41) is 14.7. The van der Waals surface area contributed by atoms with Crippen molar-refractivity contribution in [3.8, 4) is 5.69 Å². The van der Waals surface area contributed by atoms with E-state index in [4.69, 9.17) is 5.11 Å². The van der Waals surface area contributed by atoms with Gasteiger partial charge in [-0.3, -0.25) is 14.5 Å². The minimum absolute atomic E-state index is 0.0355. The molecule has 12 heteroatoms. The zero-order chi connectivity index (χ0) is 28.2. The summed E-state index contributed by atoms with van der Waals surface area (Å²) in [7, 11) is 0. The van der Waals surface area contributed by atoms with Crippen LogP contribution in [-0.4, -0.2) is 69.8 Å². The van der Waals surface area contributed by atoms with Crippen molar-refractivity contribution in [3.63, 3.8) is 0 Å². The second-order valence-corrected chi connectivity index (χ2v) is 9.16. The molecular weight excluding hydrogens is 520 g/mol. The molecule has 0 bridgehead atoms. The second kappa shape index (κ2) is 11.6. The first kappa shape index (κ1) is 26.9. The number of anilines is 4. The monoisotopic (exact) mass is 547 g/mol. The third-order valence-corrected chi connectivity index (χ3v) is 6.65. The Bertz CT molecular complexity index is 1630. The molecule has 0 unspecified atom stereocenters. The Morgan fingerprint density at radius 3 is 2.65 bits per heavy atom. The van der Waals surface area contributed by atoms with Crippen molar-refractivity contribution in [3.05, 3.63) is 89.4 Å². The summed E-state index contributed by atoms with van der Waals surface area (Å²) < 4.78 is 31.9. The number of carbonyl (C=O) groups excluding carboxylic acids is 1. The number of aliphatic hydroxyl groups is 1. The smallest absolute Gasteiger partial charge is 0.247 e. The van der Waals surface area contributed by atoms with Crippen LogP contribution in [0.1, 0.15) is 0 Å². The van der Waals surface area contributed by atoms with Crippen molar-refractivity contribution in [2.75, 3.05) is 54.9 Å². The van der Waals surface area contributed by atoms with Crippen molar-refractivity contribution in [2.45, 2.75) is 0 Å². The molecule has 1 fully saturated rings. The highest BCUT2D eigenvalue weighted by molar-refractivity contribution is 5.99. The molecule has 0 atom stereocenters. The highest BCUT2D eigenvalue weighted by Crippen LogP contribution is 2.29. The third-order valence-electron chi connectivity index (χ3n) is 6.65. The van der Waals surface area contributed by atoms with E-state index in [2.05, 4.69) is 32.1 Å². The lowest BCUT2D eigenvalue weighted by atomic mass is 10.2. The number of halogens is 2. The van der Waals surface area contributed by atoms with E-state index in [0.29, 0.717) is 44.1 Å². The fraction of sp³-hybridized carbons (Fsp3) is 0.214. The van der Waals surface area contributed by atoms with Crippen LogP contribution in [0.3, 0.4) is 0 Å². The number of aromatic nitrogens is 3. The van der Waals surface area contributed by atoms with E-state index in [1.807, 2.05) is 0 Å². The number of amides is 1. The third kappa shape index (κ3) is 5.53. The lowest BCUT2D eigenvalue weighted by Gasteiger charge is -2.36. The molecule has 0 saturated carbocycles. The Morgan fingerprint density at radius 2 is 1.90 bits per heavy atom. The number of pyridine rings is 1. The van der Waals surface area contributed by atoms with Gasteiger partial charge in [0, 0.05) is 62.6 Å². The van der Waals surface area contributed by atoms with Gasteiger partial charge in [0.25, 0.3) is 0 Å². The fourth-order valence-corrected chi connectivity index (χ4v) is 4.58. The van der Waals surface area contributed by atoms with Crippen LogP contribution in [0.25, 0.3) is 16.7 Å². The number of piperazine rings is 1. The van der Waals surface area contributed by atoms with Crippen LogP contribution in [0, 0.1) is 11.6 Å². The molecule has 4 aromatic rings. The normalized spacial score (nSPS) is 13.8. The second-order valence-electron chi connectivity index (χ2n) is 9.16. The van der Waals surface area contributed by atoms with Crippen LogP contribution in [0.5, 0.6) is 0 Å². The Kier molecular flexibility index (Phi) is 7.80. The van der Waals surface area contributed by atoms with Crippen LogP contribution in [0.4, 0.5) is 31.8 Å². The number of benzene rings is 2. The molecule has 2 aromatic carbocycles. The van der Waals surface area contributed by atoms with E-state index in [0.717, 1.165) is 6.08 Å². The first-order chi connectivity index (χ1) is 19.4. The van der Waals surface area contributed by atoms with E-state index in [1.54, 1.807) is 33.7 Å². The van der Waals surface area contributed by atoms with Gasteiger partial charge >= 0.3 is 0 Å². The van der Waals surface area contributed by atoms with Gasteiger partial charge in [0.2, 0.25) is 11.9 Å². The van der Waals surface area contributed by atoms with Crippen molar-refractivity contribution >= 4 is 40.0 Å². The standard InChI is InChI=1S/C28H27F2N7O3/c1-2-24(40)32-18-4-3-5-19(16-18)37-9-8-23(39)20-17-31-28(34-27(20)37)33-21-6-7-22(26(30)25(21)29)36-12-10-35(11-13-36)14-15-38/h2-9,16-17,38H,1,10-15H2,(H,32,40)(H,31,33,34). The van der Waals surface area contributed by atoms with E-state index >= 15 is 8.78 Å². The number of fused-ring (bicyclic) bond motifs is 1. The van der Waals surface area contributed by atoms with Crippen LogP contribution in [0.2, 0.25) is 0 Å². The molecule has 2 aromatic heterocycles. The van der Waals surface area contributed by atoms with Crippen molar-refractivity contribution in [1.29, 1.82) is 0 Å². The Morgan fingerprint density at radius 1 is 1.10 bits per heavy atom. The quantitative estimate of drug-likeness (QED) is 0.289. The van der Waals surface area contributed by atoms with E-state index in [9.17, 15) is 9.59 Å². The molecule has 1 amide bonds. The molecule has 1 aliphatic heterocycles. The summed E-state index contributed by atoms with van der Waals surface area (Å²) in [6.45, 7) is 6.33. The van der Waals surface area contributed by atoms with Crippen LogP contribution >= 0.6 is 0 Å². The van der Waals surface area contributed by atoms with Gasteiger partial charge in [-0.25, -0.2) is 13.8 Å². The average Bonchev–Trinajstić information content (AvgIpc) is 2.96. The summed E-state index contributed by atoms with van der Waals surface area (Å²) in [6, 6.07) is 11.2. The molecule has 0 aliphatic carbocycles. The number of nitrogens with one attached hydrogen (secondary N) is 2. The lowest BCUT2D eigenvalue weighted by molar-refractivity contribution is -0.111. The fourth-order valence-electron chi connectivity index (χ4n) is 4.58. The van der Waals surface area contributed by atoms with Gasteiger partial charge in [0.1, 0.15) is 0 Å². The number of rotatable bonds is 8. The number of hydrogen-bond acceptors (Lipinski definition) is 8. The molecule has 3 heterocycles. The molecular formula is C28H27F2N7O3. The number of β-amino-alcohol motifs (C(OH)–C–C–N with tert-alkyl or cyclic N) is 1.